The number of nitriles is 1. The zero-order valence-corrected chi connectivity index (χ0v) is 14.8. The van der Waals surface area contributed by atoms with Crippen molar-refractivity contribution in [3.63, 3.8) is 0 Å². The lowest BCUT2D eigenvalue weighted by molar-refractivity contribution is -0.112. The summed E-state index contributed by atoms with van der Waals surface area (Å²) >= 11 is 3.44. The van der Waals surface area contributed by atoms with E-state index in [4.69, 9.17) is 4.74 Å². The molecule has 1 amide bonds. The van der Waals surface area contributed by atoms with E-state index in [1.807, 2.05) is 31.2 Å². The van der Waals surface area contributed by atoms with E-state index in [1.165, 1.54) is 13.3 Å². The molecule has 122 valence electrons. The largest absolute Gasteiger partial charge is 0.495 e. The molecule has 0 aliphatic rings. The Labute approximate surface area is 149 Å². The molecule has 0 bridgehead atoms. The van der Waals surface area contributed by atoms with Gasteiger partial charge in [0.2, 0.25) is 0 Å². The predicted octanol–water partition coefficient (Wildman–Crippen LogP) is 4.22. The summed E-state index contributed by atoms with van der Waals surface area (Å²) in [5.74, 6) is 0.00936. The van der Waals surface area contributed by atoms with Gasteiger partial charge < -0.3 is 15.4 Å². The second kappa shape index (κ2) is 8.18. The number of hydrogen-bond donors (Lipinski definition) is 2. The van der Waals surface area contributed by atoms with Gasteiger partial charge in [-0.3, -0.25) is 4.79 Å². The molecule has 0 saturated heterocycles. The molecule has 2 rings (SSSR count). The first kappa shape index (κ1) is 17.6. The zero-order valence-electron chi connectivity index (χ0n) is 13.3. The highest BCUT2D eigenvalue weighted by molar-refractivity contribution is 9.10. The number of nitrogens with zero attached hydrogens (tertiary/aromatic N) is 1. The molecule has 0 aromatic heterocycles. The van der Waals surface area contributed by atoms with E-state index >= 15 is 0 Å². The molecule has 0 spiro atoms. The number of halogens is 1. The Bertz CT molecular complexity index is 825. The number of benzene rings is 2. The lowest BCUT2D eigenvalue weighted by Gasteiger charge is -2.10. The number of para-hydroxylation sites is 2. The zero-order chi connectivity index (χ0) is 17.5. The smallest absolute Gasteiger partial charge is 0.267 e. The van der Waals surface area contributed by atoms with Crippen LogP contribution in [0.2, 0.25) is 0 Å². The highest BCUT2D eigenvalue weighted by Gasteiger charge is 2.12. The summed E-state index contributed by atoms with van der Waals surface area (Å²) in [5, 5.41) is 14.9. The van der Waals surface area contributed by atoms with Crippen molar-refractivity contribution in [2.45, 2.75) is 6.92 Å². The molecule has 0 radical (unpaired) electrons. The van der Waals surface area contributed by atoms with Crippen molar-refractivity contribution in [2.24, 2.45) is 0 Å². The SMILES string of the molecule is COc1ccccc1NC(=O)/C(C#N)=C\Nc1ccc(C)cc1Br. The molecular weight excluding hydrogens is 370 g/mol. The molecule has 2 N–H and O–H groups in total. The molecule has 0 atom stereocenters. The molecule has 24 heavy (non-hydrogen) atoms. The van der Waals surface area contributed by atoms with Crippen molar-refractivity contribution in [2.75, 3.05) is 17.7 Å². The normalized spacial score (nSPS) is 10.7. The molecular formula is C18H16BrN3O2. The number of aryl methyl sites for hydroxylation is 1. The van der Waals surface area contributed by atoms with Gasteiger partial charge >= 0.3 is 0 Å². The van der Waals surface area contributed by atoms with Crippen LogP contribution in [0, 0.1) is 18.3 Å². The number of carbonyl (C=O) groups excluding carboxylic acids is 1. The second-order valence-electron chi connectivity index (χ2n) is 4.95. The Balaban J connectivity index is 2.15. The summed E-state index contributed by atoms with van der Waals surface area (Å²) in [6.07, 6.45) is 1.38. The number of amides is 1. The molecule has 0 heterocycles. The lowest BCUT2D eigenvalue weighted by atomic mass is 10.2. The average Bonchev–Trinajstić information content (AvgIpc) is 2.57. The Morgan fingerprint density at radius 1 is 1.25 bits per heavy atom. The molecule has 0 unspecified atom stereocenters. The molecule has 6 heteroatoms. The first-order valence-corrected chi connectivity index (χ1v) is 7.91. The van der Waals surface area contributed by atoms with Gasteiger partial charge in [-0.1, -0.05) is 18.2 Å². The van der Waals surface area contributed by atoms with Crippen molar-refractivity contribution in [1.29, 1.82) is 5.26 Å². The lowest BCUT2D eigenvalue weighted by Crippen LogP contribution is -2.15. The topological polar surface area (TPSA) is 74.1 Å². The Hall–Kier alpha value is -2.78. The van der Waals surface area contributed by atoms with Crippen molar-refractivity contribution in [3.8, 4) is 11.8 Å². The number of anilines is 2. The summed E-state index contributed by atoms with van der Waals surface area (Å²) in [7, 11) is 1.52. The molecule has 0 aliphatic heterocycles. The van der Waals surface area contributed by atoms with Crippen LogP contribution in [0.25, 0.3) is 0 Å². The Morgan fingerprint density at radius 2 is 2.00 bits per heavy atom. The van der Waals surface area contributed by atoms with E-state index in [1.54, 1.807) is 24.3 Å². The second-order valence-corrected chi connectivity index (χ2v) is 5.81. The maximum Gasteiger partial charge on any atom is 0.267 e. The van der Waals surface area contributed by atoms with Crippen LogP contribution in [0.1, 0.15) is 5.56 Å². The third kappa shape index (κ3) is 4.37. The fourth-order valence-electron chi connectivity index (χ4n) is 1.97. The molecule has 5 nitrogen and oxygen atoms in total. The first-order valence-electron chi connectivity index (χ1n) is 7.12. The third-order valence-electron chi connectivity index (χ3n) is 3.22. The fraction of sp³-hybridized carbons (Fsp3) is 0.111. The highest BCUT2D eigenvalue weighted by Crippen LogP contribution is 2.25. The maximum absolute atomic E-state index is 12.3. The number of hydrogen-bond acceptors (Lipinski definition) is 4. The average molecular weight is 386 g/mol. The quantitative estimate of drug-likeness (QED) is 0.596. The van der Waals surface area contributed by atoms with E-state index in [0.717, 1.165) is 15.7 Å². The van der Waals surface area contributed by atoms with Gasteiger partial charge in [0.05, 0.1) is 18.5 Å². The van der Waals surface area contributed by atoms with E-state index in [-0.39, 0.29) is 5.57 Å². The Kier molecular flexibility index (Phi) is 5.99. The van der Waals surface area contributed by atoms with Gasteiger partial charge in [0, 0.05) is 10.7 Å². The van der Waals surface area contributed by atoms with E-state index in [9.17, 15) is 10.1 Å². The van der Waals surface area contributed by atoms with E-state index in [0.29, 0.717) is 11.4 Å². The molecule has 2 aromatic carbocycles. The van der Waals surface area contributed by atoms with E-state index < -0.39 is 5.91 Å². The standard InChI is InChI=1S/C18H16BrN3O2/c1-12-7-8-15(14(19)9-12)21-11-13(10-20)18(23)22-16-5-3-4-6-17(16)24-2/h3-9,11,21H,1-2H3,(H,22,23)/b13-11-. The highest BCUT2D eigenvalue weighted by atomic mass is 79.9. The van der Waals surface area contributed by atoms with Crippen molar-refractivity contribution >= 4 is 33.2 Å². The minimum absolute atomic E-state index is 0.0478. The van der Waals surface area contributed by atoms with Gasteiger partial charge in [-0.15, -0.1) is 0 Å². The van der Waals surface area contributed by atoms with Crippen LogP contribution in [0.15, 0.2) is 58.7 Å². The number of nitrogens with one attached hydrogen (secondary N) is 2. The van der Waals surface area contributed by atoms with Crippen LogP contribution in [0.4, 0.5) is 11.4 Å². The summed E-state index contributed by atoms with van der Waals surface area (Å²) in [4.78, 5) is 12.3. The Morgan fingerprint density at radius 3 is 2.67 bits per heavy atom. The van der Waals surface area contributed by atoms with Crippen LogP contribution in [-0.2, 0) is 4.79 Å². The first-order chi connectivity index (χ1) is 11.5. The van der Waals surface area contributed by atoms with Crippen LogP contribution < -0.4 is 15.4 Å². The fourth-order valence-corrected chi connectivity index (χ4v) is 2.58. The van der Waals surface area contributed by atoms with Crippen LogP contribution in [0.5, 0.6) is 5.75 Å². The van der Waals surface area contributed by atoms with Gasteiger partial charge in [0.15, 0.2) is 0 Å². The molecule has 2 aromatic rings. The number of ether oxygens (including phenoxy) is 1. The summed E-state index contributed by atoms with van der Waals surface area (Å²) in [6, 6.07) is 14.6. The van der Waals surface area contributed by atoms with Gasteiger partial charge in [0.1, 0.15) is 17.4 Å². The third-order valence-corrected chi connectivity index (χ3v) is 3.87. The molecule has 0 aliphatic carbocycles. The van der Waals surface area contributed by atoms with Crippen molar-refractivity contribution in [3.05, 3.63) is 64.3 Å². The van der Waals surface area contributed by atoms with Crippen molar-refractivity contribution < 1.29 is 9.53 Å². The summed E-state index contributed by atoms with van der Waals surface area (Å²) < 4.78 is 6.03. The minimum Gasteiger partial charge on any atom is -0.495 e. The summed E-state index contributed by atoms with van der Waals surface area (Å²) in [5.41, 5.74) is 2.32. The number of carbonyl (C=O) groups is 1. The van der Waals surface area contributed by atoms with Crippen molar-refractivity contribution in [1.82, 2.24) is 0 Å². The van der Waals surface area contributed by atoms with Gasteiger partial charge in [-0.05, 0) is 52.7 Å². The van der Waals surface area contributed by atoms with Gasteiger partial charge in [-0.2, -0.15) is 5.26 Å². The van der Waals surface area contributed by atoms with Gasteiger partial charge in [-0.25, -0.2) is 0 Å². The molecule has 0 fully saturated rings. The number of methoxy groups -OCH3 is 1. The monoisotopic (exact) mass is 385 g/mol. The van der Waals surface area contributed by atoms with Crippen LogP contribution in [0.3, 0.4) is 0 Å². The molecule has 0 saturated carbocycles. The maximum atomic E-state index is 12.3. The number of rotatable bonds is 5. The van der Waals surface area contributed by atoms with Crippen LogP contribution in [-0.4, -0.2) is 13.0 Å². The van der Waals surface area contributed by atoms with E-state index in [2.05, 4.69) is 26.6 Å². The van der Waals surface area contributed by atoms with Crippen LogP contribution >= 0.6 is 15.9 Å². The van der Waals surface area contributed by atoms with Gasteiger partial charge in [0.25, 0.3) is 5.91 Å². The predicted molar refractivity (Wildman–Crippen MR) is 97.8 cm³/mol. The minimum atomic E-state index is -0.516. The summed E-state index contributed by atoms with van der Waals surface area (Å²) in [6.45, 7) is 1.98.